The molecule has 2 N–H and O–H groups in total. The Morgan fingerprint density at radius 2 is 2.26 bits per heavy atom. The van der Waals surface area contributed by atoms with E-state index in [-0.39, 0.29) is 18.3 Å². The second-order valence-electron chi connectivity index (χ2n) is 4.72. The zero-order valence-corrected chi connectivity index (χ0v) is 11.9. The number of nitrogens with two attached hydrogens (primary N) is 1. The van der Waals surface area contributed by atoms with Crippen molar-refractivity contribution in [2.45, 2.75) is 12.8 Å². The van der Waals surface area contributed by atoms with Crippen molar-refractivity contribution in [1.29, 1.82) is 0 Å². The van der Waals surface area contributed by atoms with Gasteiger partial charge in [0.25, 0.3) is 5.91 Å². The molecule has 1 aromatic rings. The summed E-state index contributed by atoms with van der Waals surface area (Å²) in [6.07, 6.45) is 4.05. The Labute approximate surface area is 119 Å². The van der Waals surface area contributed by atoms with Crippen LogP contribution in [-0.2, 0) is 4.74 Å². The summed E-state index contributed by atoms with van der Waals surface area (Å²) < 4.78 is 5.50. The van der Waals surface area contributed by atoms with Gasteiger partial charge in [-0.15, -0.1) is 12.4 Å². The molecule has 0 aromatic carbocycles. The summed E-state index contributed by atoms with van der Waals surface area (Å²) in [5, 5.41) is 0. The maximum absolute atomic E-state index is 12.0. The molecule has 6 heteroatoms. The first-order valence-corrected chi connectivity index (χ1v) is 6.21. The first kappa shape index (κ1) is 15.7. The van der Waals surface area contributed by atoms with Crippen molar-refractivity contribution in [3.8, 4) is 0 Å². The van der Waals surface area contributed by atoms with Crippen LogP contribution in [0.15, 0.2) is 18.3 Å². The maximum Gasteiger partial charge on any atom is 0.272 e. The number of halogens is 1. The fourth-order valence-electron chi connectivity index (χ4n) is 1.56. The summed E-state index contributed by atoms with van der Waals surface area (Å²) in [5.74, 6) is 0.648. The molecule has 0 radical (unpaired) electrons. The first-order chi connectivity index (χ1) is 8.66. The van der Waals surface area contributed by atoms with Gasteiger partial charge in [-0.3, -0.25) is 4.79 Å². The first-order valence-electron chi connectivity index (χ1n) is 6.21. The molecule has 0 aliphatic heterocycles. The Morgan fingerprint density at radius 3 is 2.84 bits per heavy atom. The fraction of sp³-hybridized carbons (Fsp3) is 0.538. The van der Waals surface area contributed by atoms with E-state index in [9.17, 15) is 4.79 Å². The molecule has 1 amide bonds. The lowest BCUT2D eigenvalue weighted by atomic mass is 10.3. The average molecular weight is 286 g/mol. The van der Waals surface area contributed by atoms with Gasteiger partial charge < -0.3 is 15.4 Å². The molecular formula is C13H20ClN3O2. The summed E-state index contributed by atoms with van der Waals surface area (Å²) in [6.45, 7) is 1.98. The summed E-state index contributed by atoms with van der Waals surface area (Å²) >= 11 is 0. The van der Waals surface area contributed by atoms with Crippen LogP contribution in [0.5, 0.6) is 0 Å². The van der Waals surface area contributed by atoms with Crippen molar-refractivity contribution in [1.82, 2.24) is 9.88 Å². The number of carbonyl (C=O) groups excluding carboxylic acids is 1. The Morgan fingerprint density at radius 1 is 1.53 bits per heavy atom. The Hall–Kier alpha value is -1.33. The number of hydrogen-bond acceptors (Lipinski definition) is 4. The van der Waals surface area contributed by atoms with Crippen LogP contribution in [0.3, 0.4) is 0 Å². The highest BCUT2D eigenvalue weighted by molar-refractivity contribution is 5.92. The van der Waals surface area contributed by atoms with Crippen molar-refractivity contribution in [3.63, 3.8) is 0 Å². The zero-order chi connectivity index (χ0) is 13.0. The second kappa shape index (κ2) is 7.31. The zero-order valence-electron chi connectivity index (χ0n) is 11.0. The average Bonchev–Trinajstić information content (AvgIpc) is 3.18. The van der Waals surface area contributed by atoms with Crippen LogP contribution < -0.4 is 5.73 Å². The van der Waals surface area contributed by atoms with Crippen molar-refractivity contribution >= 4 is 24.0 Å². The van der Waals surface area contributed by atoms with Gasteiger partial charge in [0.1, 0.15) is 5.69 Å². The third-order valence-electron chi connectivity index (χ3n) is 2.97. The molecule has 1 aliphatic rings. The summed E-state index contributed by atoms with van der Waals surface area (Å²) in [7, 11) is 1.75. The molecule has 1 aromatic heterocycles. The van der Waals surface area contributed by atoms with Crippen LogP contribution in [-0.4, -0.2) is 42.6 Å². The largest absolute Gasteiger partial charge is 0.397 e. The number of pyridine rings is 1. The van der Waals surface area contributed by atoms with E-state index in [1.807, 2.05) is 0 Å². The molecule has 1 fully saturated rings. The van der Waals surface area contributed by atoms with Gasteiger partial charge >= 0.3 is 0 Å². The monoisotopic (exact) mass is 285 g/mol. The predicted molar refractivity (Wildman–Crippen MR) is 76.4 cm³/mol. The third-order valence-corrected chi connectivity index (χ3v) is 2.97. The Bertz CT molecular complexity index is 407. The molecule has 0 spiro atoms. The van der Waals surface area contributed by atoms with Crippen molar-refractivity contribution < 1.29 is 9.53 Å². The van der Waals surface area contributed by atoms with Crippen LogP contribution in [0.2, 0.25) is 0 Å². The lowest BCUT2D eigenvalue weighted by Gasteiger charge is -2.16. The quantitative estimate of drug-likeness (QED) is 0.806. The number of anilines is 1. The minimum atomic E-state index is -0.106. The lowest BCUT2D eigenvalue weighted by molar-refractivity contribution is 0.0676. The number of nitrogens with zero attached hydrogens (tertiary/aromatic N) is 2. The van der Waals surface area contributed by atoms with Crippen molar-refractivity contribution in [2.75, 3.05) is 32.5 Å². The summed E-state index contributed by atoms with van der Waals surface area (Å²) in [4.78, 5) is 17.6. The SMILES string of the molecule is CN(CCOCC1CC1)C(=O)c1ccc(N)cn1.Cl. The molecule has 5 nitrogen and oxygen atoms in total. The Balaban J connectivity index is 0.00000180. The van der Waals surface area contributed by atoms with E-state index in [4.69, 9.17) is 10.5 Å². The molecule has 0 unspecified atom stereocenters. The van der Waals surface area contributed by atoms with Gasteiger partial charge in [-0.25, -0.2) is 4.98 Å². The van der Waals surface area contributed by atoms with E-state index < -0.39 is 0 Å². The normalized spacial score (nSPS) is 13.7. The Kier molecular flexibility index (Phi) is 6.05. The molecule has 0 bridgehead atoms. The van der Waals surface area contributed by atoms with Crippen LogP contribution in [0, 0.1) is 5.92 Å². The van der Waals surface area contributed by atoms with E-state index in [1.165, 1.54) is 19.0 Å². The number of ether oxygens (including phenoxy) is 1. The summed E-state index contributed by atoms with van der Waals surface area (Å²) in [5.41, 5.74) is 6.50. The molecule has 19 heavy (non-hydrogen) atoms. The number of likely N-dealkylation sites (N-methyl/N-ethyl adjacent to an activating group) is 1. The molecule has 1 heterocycles. The highest BCUT2D eigenvalue weighted by Crippen LogP contribution is 2.28. The van der Waals surface area contributed by atoms with E-state index >= 15 is 0 Å². The van der Waals surface area contributed by atoms with Gasteiger partial charge in [0.15, 0.2) is 0 Å². The van der Waals surface area contributed by atoms with Crippen molar-refractivity contribution in [2.24, 2.45) is 5.92 Å². The number of rotatable bonds is 6. The van der Waals surface area contributed by atoms with Gasteiger partial charge in [-0.05, 0) is 30.9 Å². The number of amides is 1. The van der Waals surface area contributed by atoms with E-state index in [2.05, 4.69) is 4.98 Å². The minimum Gasteiger partial charge on any atom is -0.397 e. The van der Waals surface area contributed by atoms with E-state index in [1.54, 1.807) is 24.1 Å². The predicted octanol–water partition coefficient (Wildman–Crippen LogP) is 1.58. The van der Waals surface area contributed by atoms with Crippen LogP contribution >= 0.6 is 12.4 Å². The number of carbonyl (C=O) groups is 1. The fourth-order valence-corrected chi connectivity index (χ4v) is 1.56. The van der Waals surface area contributed by atoms with Crippen molar-refractivity contribution in [3.05, 3.63) is 24.0 Å². The lowest BCUT2D eigenvalue weighted by Crippen LogP contribution is -2.30. The molecule has 1 saturated carbocycles. The minimum absolute atomic E-state index is 0. The maximum atomic E-state index is 12.0. The molecule has 2 rings (SSSR count). The van der Waals surface area contributed by atoms with Gasteiger partial charge in [0.05, 0.1) is 18.5 Å². The smallest absolute Gasteiger partial charge is 0.272 e. The molecule has 1 aliphatic carbocycles. The molecule has 0 atom stereocenters. The van der Waals surface area contributed by atoms with Gasteiger partial charge in [-0.1, -0.05) is 0 Å². The second-order valence-corrected chi connectivity index (χ2v) is 4.72. The number of aromatic nitrogens is 1. The van der Waals surface area contributed by atoms with E-state index in [0.717, 1.165) is 12.5 Å². The van der Waals surface area contributed by atoms with Crippen LogP contribution in [0.25, 0.3) is 0 Å². The number of nitrogen functional groups attached to an aromatic ring is 1. The molecule has 106 valence electrons. The summed E-state index contributed by atoms with van der Waals surface area (Å²) in [6, 6.07) is 3.32. The molecular weight excluding hydrogens is 266 g/mol. The highest BCUT2D eigenvalue weighted by Gasteiger charge is 2.21. The van der Waals surface area contributed by atoms with Gasteiger partial charge in [0.2, 0.25) is 0 Å². The van der Waals surface area contributed by atoms with Crippen LogP contribution in [0.1, 0.15) is 23.3 Å². The topological polar surface area (TPSA) is 68.5 Å². The van der Waals surface area contributed by atoms with Gasteiger partial charge in [0, 0.05) is 20.2 Å². The van der Waals surface area contributed by atoms with E-state index in [0.29, 0.717) is 24.5 Å². The molecule has 0 saturated heterocycles. The van der Waals surface area contributed by atoms with Crippen LogP contribution in [0.4, 0.5) is 5.69 Å². The highest BCUT2D eigenvalue weighted by atomic mass is 35.5. The standard InChI is InChI=1S/C13H19N3O2.ClH/c1-16(6-7-18-9-10-2-3-10)13(17)12-5-4-11(14)8-15-12;/h4-5,8,10H,2-3,6-7,9,14H2,1H3;1H. The third kappa shape index (κ3) is 5.04. The number of hydrogen-bond donors (Lipinski definition) is 1. The van der Waals surface area contributed by atoms with Gasteiger partial charge in [-0.2, -0.15) is 0 Å².